The van der Waals surface area contributed by atoms with Crippen LogP contribution in [0, 0.1) is 0 Å². The Morgan fingerprint density at radius 2 is 1.78 bits per heavy atom. The van der Waals surface area contributed by atoms with E-state index in [4.69, 9.17) is 10.5 Å². The number of nitrogens with zero attached hydrogens (tertiary/aromatic N) is 1. The molecule has 23 heavy (non-hydrogen) atoms. The van der Waals surface area contributed by atoms with Gasteiger partial charge in [-0.15, -0.1) is 0 Å². The Morgan fingerprint density at radius 1 is 1.22 bits per heavy atom. The fraction of sp³-hybridized carbons (Fsp3) is 0.529. The number of nitrogen functional groups attached to an aromatic ring is 1. The zero-order valence-corrected chi connectivity index (χ0v) is 14.6. The molecule has 0 fully saturated rings. The first-order chi connectivity index (χ1) is 10.4. The van der Waals surface area contributed by atoms with Crippen molar-refractivity contribution in [1.29, 1.82) is 0 Å². The number of carboxylic acids is 1. The predicted octanol–water partition coefficient (Wildman–Crippen LogP) is 2.87. The van der Waals surface area contributed by atoms with Crippen LogP contribution in [0.4, 0.5) is 10.5 Å². The van der Waals surface area contributed by atoms with Crippen LogP contribution in [0.5, 0.6) is 0 Å². The molecule has 0 radical (unpaired) electrons. The Kier molecular flexibility index (Phi) is 5.30. The van der Waals surface area contributed by atoms with E-state index in [0.717, 1.165) is 10.5 Å². The van der Waals surface area contributed by atoms with E-state index >= 15 is 0 Å². The number of carbonyl (C=O) groups is 2. The number of amides is 1. The lowest BCUT2D eigenvalue weighted by molar-refractivity contribution is -0.145. The van der Waals surface area contributed by atoms with Crippen molar-refractivity contribution in [3.8, 4) is 0 Å². The fourth-order valence-corrected chi connectivity index (χ4v) is 2.50. The molecule has 0 spiro atoms. The van der Waals surface area contributed by atoms with Gasteiger partial charge in [-0.2, -0.15) is 0 Å². The number of ether oxygens (including phenoxy) is 1. The molecular formula is C17H26N2O4. The van der Waals surface area contributed by atoms with Crippen molar-refractivity contribution < 1.29 is 19.4 Å². The maximum Gasteiger partial charge on any atom is 0.410 e. The SMILES string of the molecule is CN(C(=O)OC(C)(C)C)[C@H](C(=O)O)C(C)(C)c1cccc(N)c1. The van der Waals surface area contributed by atoms with Gasteiger partial charge in [-0.1, -0.05) is 26.0 Å². The Hall–Kier alpha value is -2.24. The second-order valence-electron chi connectivity index (χ2n) is 7.18. The number of likely N-dealkylation sites (N-methyl/N-ethyl adjacent to an activating group) is 1. The Morgan fingerprint density at radius 3 is 2.22 bits per heavy atom. The lowest BCUT2D eigenvalue weighted by Gasteiger charge is -2.38. The fourth-order valence-electron chi connectivity index (χ4n) is 2.50. The van der Waals surface area contributed by atoms with Crippen molar-refractivity contribution in [2.24, 2.45) is 0 Å². The Labute approximate surface area is 137 Å². The summed E-state index contributed by atoms with van der Waals surface area (Å²) in [5, 5.41) is 9.68. The predicted molar refractivity (Wildman–Crippen MR) is 89.3 cm³/mol. The molecule has 1 amide bonds. The summed E-state index contributed by atoms with van der Waals surface area (Å²) >= 11 is 0. The second-order valence-corrected chi connectivity index (χ2v) is 7.18. The lowest BCUT2D eigenvalue weighted by atomic mass is 9.77. The molecular weight excluding hydrogens is 296 g/mol. The molecule has 6 heteroatoms. The molecule has 1 aromatic rings. The number of carboxylic acid groups (broad SMARTS) is 1. The van der Waals surface area contributed by atoms with Gasteiger partial charge in [0.25, 0.3) is 0 Å². The van der Waals surface area contributed by atoms with Gasteiger partial charge in [0.1, 0.15) is 11.6 Å². The zero-order chi connectivity index (χ0) is 18.0. The molecule has 6 nitrogen and oxygen atoms in total. The third-order valence-corrected chi connectivity index (χ3v) is 3.62. The van der Waals surface area contributed by atoms with Gasteiger partial charge >= 0.3 is 12.1 Å². The van der Waals surface area contributed by atoms with E-state index in [1.165, 1.54) is 7.05 Å². The molecule has 0 heterocycles. The van der Waals surface area contributed by atoms with Gasteiger partial charge in [-0.05, 0) is 38.5 Å². The van der Waals surface area contributed by atoms with E-state index in [2.05, 4.69) is 0 Å². The number of benzene rings is 1. The van der Waals surface area contributed by atoms with Crippen molar-refractivity contribution in [1.82, 2.24) is 4.90 Å². The van der Waals surface area contributed by atoms with Gasteiger partial charge in [-0.25, -0.2) is 9.59 Å². The standard InChI is InChI=1S/C17H26N2O4/c1-16(2,3)23-15(22)19(6)13(14(20)21)17(4,5)11-8-7-9-12(18)10-11/h7-10,13H,18H2,1-6H3,(H,20,21)/t13-/m1/s1. The molecule has 0 aliphatic rings. The third-order valence-electron chi connectivity index (χ3n) is 3.62. The van der Waals surface area contributed by atoms with Crippen molar-refractivity contribution in [2.75, 3.05) is 12.8 Å². The van der Waals surface area contributed by atoms with Crippen LogP contribution < -0.4 is 5.73 Å². The topological polar surface area (TPSA) is 92.9 Å². The number of aliphatic carboxylic acids is 1. The summed E-state index contributed by atoms with van der Waals surface area (Å²) in [4.78, 5) is 25.2. The van der Waals surface area contributed by atoms with Gasteiger partial charge in [0.05, 0.1) is 0 Å². The van der Waals surface area contributed by atoms with Crippen molar-refractivity contribution in [3.63, 3.8) is 0 Å². The van der Waals surface area contributed by atoms with E-state index in [-0.39, 0.29) is 0 Å². The van der Waals surface area contributed by atoms with Crippen LogP contribution in [0.3, 0.4) is 0 Å². The highest BCUT2D eigenvalue weighted by Crippen LogP contribution is 2.32. The minimum Gasteiger partial charge on any atom is -0.480 e. The second kappa shape index (κ2) is 6.48. The summed E-state index contributed by atoms with van der Waals surface area (Å²) in [7, 11) is 1.43. The first-order valence-corrected chi connectivity index (χ1v) is 7.41. The molecule has 0 saturated carbocycles. The monoisotopic (exact) mass is 322 g/mol. The maximum absolute atomic E-state index is 12.3. The average Bonchev–Trinajstić information content (AvgIpc) is 2.35. The third kappa shape index (κ3) is 4.61. The van der Waals surface area contributed by atoms with Gasteiger partial charge in [0, 0.05) is 18.2 Å². The minimum absolute atomic E-state index is 0.541. The van der Waals surface area contributed by atoms with Crippen LogP contribution in [0.15, 0.2) is 24.3 Å². The quantitative estimate of drug-likeness (QED) is 0.831. The van der Waals surface area contributed by atoms with E-state index in [1.807, 2.05) is 0 Å². The average molecular weight is 322 g/mol. The van der Waals surface area contributed by atoms with Gasteiger partial charge in [0.15, 0.2) is 0 Å². The highest BCUT2D eigenvalue weighted by Gasteiger charge is 2.42. The molecule has 1 aromatic carbocycles. The molecule has 0 aliphatic carbocycles. The van der Waals surface area contributed by atoms with E-state index in [1.54, 1.807) is 58.9 Å². The summed E-state index contributed by atoms with van der Waals surface area (Å²) in [6.45, 7) is 8.73. The Bertz CT molecular complexity index is 591. The first-order valence-electron chi connectivity index (χ1n) is 7.41. The summed E-state index contributed by atoms with van der Waals surface area (Å²) in [6, 6.07) is 5.92. The number of hydrogen-bond acceptors (Lipinski definition) is 4. The molecule has 1 rings (SSSR count). The van der Waals surface area contributed by atoms with Gasteiger partial charge in [0.2, 0.25) is 0 Å². The van der Waals surface area contributed by atoms with Crippen LogP contribution >= 0.6 is 0 Å². The van der Waals surface area contributed by atoms with Crippen molar-refractivity contribution >= 4 is 17.7 Å². The minimum atomic E-state index is -1.11. The highest BCUT2D eigenvalue weighted by molar-refractivity contribution is 5.82. The van der Waals surface area contributed by atoms with Crippen LogP contribution in [0.25, 0.3) is 0 Å². The molecule has 1 atom stereocenters. The van der Waals surface area contributed by atoms with Gasteiger partial charge < -0.3 is 15.6 Å². The van der Waals surface area contributed by atoms with Crippen LogP contribution in [0.2, 0.25) is 0 Å². The largest absolute Gasteiger partial charge is 0.480 e. The number of carbonyl (C=O) groups excluding carboxylic acids is 1. The molecule has 0 aromatic heterocycles. The number of anilines is 1. The van der Waals surface area contributed by atoms with Crippen molar-refractivity contribution in [3.05, 3.63) is 29.8 Å². The van der Waals surface area contributed by atoms with Crippen molar-refractivity contribution in [2.45, 2.75) is 51.7 Å². The first kappa shape index (κ1) is 18.8. The van der Waals surface area contributed by atoms with E-state index < -0.39 is 29.1 Å². The van der Waals surface area contributed by atoms with Crippen LogP contribution in [0.1, 0.15) is 40.2 Å². The summed E-state index contributed by atoms with van der Waals surface area (Å²) in [5.74, 6) is -1.11. The molecule has 0 bridgehead atoms. The zero-order valence-electron chi connectivity index (χ0n) is 14.6. The highest BCUT2D eigenvalue weighted by atomic mass is 16.6. The number of hydrogen-bond donors (Lipinski definition) is 2. The smallest absolute Gasteiger partial charge is 0.410 e. The van der Waals surface area contributed by atoms with Crippen LogP contribution in [-0.2, 0) is 14.9 Å². The number of rotatable bonds is 4. The molecule has 3 N–H and O–H groups in total. The van der Waals surface area contributed by atoms with Gasteiger partial charge in [-0.3, -0.25) is 4.90 Å². The molecule has 128 valence electrons. The van der Waals surface area contributed by atoms with Crippen LogP contribution in [-0.4, -0.2) is 40.8 Å². The summed E-state index contributed by atoms with van der Waals surface area (Å²) < 4.78 is 5.28. The van der Waals surface area contributed by atoms with E-state index in [9.17, 15) is 14.7 Å². The summed E-state index contributed by atoms with van der Waals surface area (Å²) in [6.07, 6.45) is -0.679. The maximum atomic E-state index is 12.3. The molecule has 0 aliphatic heterocycles. The Balaban J connectivity index is 3.19. The normalized spacial score (nSPS) is 13.3. The molecule has 0 unspecified atom stereocenters. The number of nitrogens with two attached hydrogens (primary N) is 1. The lowest BCUT2D eigenvalue weighted by Crippen LogP contribution is -2.54. The molecule has 0 saturated heterocycles. The van der Waals surface area contributed by atoms with E-state index in [0.29, 0.717) is 5.69 Å². The summed E-state index contributed by atoms with van der Waals surface area (Å²) in [5.41, 5.74) is 5.52.